The van der Waals surface area contributed by atoms with Gasteiger partial charge in [0.1, 0.15) is 0 Å². The van der Waals surface area contributed by atoms with Gasteiger partial charge in [0.25, 0.3) is 0 Å². The van der Waals surface area contributed by atoms with Crippen LogP contribution in [0.15, 0.2) is 30.5 Å². The van der Waals surface area contributed by atoms with Crippen molar-refractivity contribution < 1.29 is 5.11 Å². The first-order valence-corrected chi connectivity index (χ1v) is 5.57. The molecule has 0 aliphatic carbocycles. The Bertz CT molecular complexity index is 472. The number of fused-ring (bicyclic) bond motifs is 1. The molecule has 2 N–H and O–H groups in total. The maximum atomic E-state index is 9.20. The molecule has 0 radical (unpaired) electrons. The highest BCUT2D eigenvalue weighted by atomic mass is 16.3. The molecule has 2 rings (SSSR count). The topological polar surface area (TPSA) is 37.2 Å². The second kappa shape index (κ2) is 4.68. The summed E-state index contributed by atoms with van der Waals surface area (Å²) in [4.78, 5) is 0. The van der Waals surface area contributed by atoms with Crippen molar-refractivity contribution in [2.24, 2.45) is 7.05 Å². The molecule has 86 valence electrons. The van der Waals surface area contributed by atoms with Crippen molar-refractivity contribution in [2.45, 2.75) is 12.5 Å². The van der Waals surface area contributed by atoms with Gasteiger partial charge in [-0.2, -0.15) is 0 Å². The SMILES string of the molecule is CN[C@H](CO)Cc1cn(C)c2ccccc12. The van der Waals surface area contributed by atoms with Gasteiger partial charge in [-0.1, -0.05) is 18.2 Å². The summed E-state index contributed by atoms with van der Waals surface area (Å²) in [6.07, 6.45) is 3.00. The van der Waals surface area contributed by atoms with Crippen molar-refractivity contribution in [1.82, 2.24) is 9.88 Å². The molecule has 3 nitrogen and oxygen atoms in total. The summed E-state index contributed by atoms with van der Waals surface area (Å²) in [6, 6.07) is 8.49. The summed E-state index contributed by atoms with van der Waals surface area (Å²) >= 11 is 0. The maximum absolute atomic E-state index is 9.20. The van der Waals surface area contributed by atoms with Crippen LogP contribution in [0.25, 0.3) is 10.9 Å². The van der Waals surface area contributed by atoms with Crippen molar-refractivity contribution >= 4 is 10.9 Å². The number of aromatic nitrogens is 1. The molecule has 1 atom stereocenters. The van der Waals surface area contributed by atoms with Crippen molar-refractivity contribution in [2.75, 3.05) is 13.7 Å². The van der Waals surface area contributed by atoms with Gasteiger partial charge in [0.2, 0.25) is 0 Å². The molecule has 1 aromatic heterocycles. The van der Waals surface area contributed by atoms with E-state index >= 15 is 0 Å². The van der Waals surface area contributed by atoms with E-state index in [9.17, 15) is 5.11 Å². The molecule has 0 fully saturated rings. The van der Waals surface area contributed by atoms with E-state index in [1.807, 2.05) is 13.1 Å². The molecule has 0 amide bonds. The summed E-state index contributed by atoms with van der Waals surface area (Å²) in [5.41, 5.74) is 2.52. The first-order chi connectivity index (χ1) is 7.76. The molecule has 0 bridgehead atoms. The Hall–Kier alpha value is -1.32. The van der Waals surface area contributed by atoms with Gasteiger partial charge in [0.15, 0.2) is 0 Å². The average Bonchev–Trinajstić information content (AvgIpc) is 2.64. The Morgan fingerprint density at radius 3 is 2.81 bits per heavy atom. The zero-order chi connectivity index (χ0) is 11.5. The summed E-state index contributed by atoms with van der Waals surface area (Å²) in [5, 5.41) is 13.6. The first kappa shape index (κ1) is 11.2. The van der Waals surface area contributed by atoms with E-state index in [2.05, 4.69) is 41.3 Å². The van der Waals surface area contributed by atoms with Gasteiger partial charge in [-0.15, -0.1) is 0 Å². The van der Waals surface area contributed by atoms with E-state index in [1.54, 1.807) is 0 Å². The highest BCUT2D eigenvalue weighted by molar-refractivity contribution is 5.83. The van der Waals surface area contributed by atoms with Crippen LogP contribution in [0, 0.1) is 0 Å². The number of likely N-dealkylation sites (N-methyl/N-ethyl adjacent to an activating group) is 1. The predicted octanol–water partition coefficient (Wildman–Crippen LogP) is 1.30. The third-order valence-electron chi connectivity index (χ3n) is 3.07. The molecule has 0 saturated carbocycles. The zero-order valence-corrected chi connectivity index (χ0v) is 9.77. The van der Waals surface area contributed by atoms with E-state index in [4.69, 9.17) is 0 Å². The fourth-order valence-electron chi connectivity index (χ4n) is 2.11. The standard InChI is InChI=1S/C13H18N2O/c1-14-11(9-16)7-10-8-15(2)13-6-4-3-5-12(10)13/h3-6,8,11,14,16H,7,9H2,1-2H3/t11-/m0/s1. The highest BCUT2D eigenvalue weighted by Gasteiger charge is 2.10. The Kier molecular flexibility index (Phi) is 3.27. The highest BCUT2D eigenvalue weighted by Crippen LogP contribution is 2.21. The van der Waals surface area contributed by atoms with Crippen molar-refractivity contribution in [3.63, 3.8) is 0 Å². The molecule has 0 aliphatic rings. The van der Waals surface area contributed by atoms with E-state index in [-0.39, 0.29) is 12.6 Å². The third-order valence-corrected chi connectivity index (χ3v) is 3.07. The normalized spacial score (nSPS) is 13.2. The Morgan fingerprint density at radius 1 is 1.38 bits per heavy atom. The number of nitrogens with zero attached hydrogens (tertiary/aromatic N) is 1. The number of para-hydroxylation sites is 1. The van der Waals surface area contributed by atoms with Gasteiger partial charge in [0.05, 0.1) is 6.61 Å². The minimum absolute atomic E-state index is 0.130. The van der Waals surface area contributed by atoms with Crippen LogP contribution in [0.2, 0.25) is 0 Å². The lowest BCUT2D eigenvalue weighted by molar-refractivity contribution is 0.248. The van der Waals surface area contributed by atoms with Crippen LogP contribution >= 0.6 is 0 Å². The number of hydrogen-bond donors (Lipinski definition) is 2. The lowest BCUT2D eigenvalue weighted by atomic mass is 10.1. The molecular weight excluding hydrogens is 200 g/mol. The Morgan fingerprint density at radius 2 is 2.12 bits per heavy atom. The second-order valence-corrected chi connectivity index (χ2v) is 4.15. The number of benzene rings is 1. The van der Waals surface area contributed by atoms with Crippen LogP contribution in [0.3, 0.4) is 0 Å². The van der Waals surface area contributed by atoms with Crippen LogP contribution in [0.5, 0.6) is 0 Å². The van der Waals surface area contributed by atoms with Crippen molar-refractivity contribution in [3.8, 4) is 0 Å². The molecule has 2 aromatic rings. The minimum atomic E-state index is 0.130. The summed E-state index contributed by atoms with van der Waals surface area (Å²) in [6.45, 7) is 0.166. The van der Waals surface area contributed by atoms with Gasteiger partial charge < -0.3 is 15.0 Å². The number of aliphatic hydroxyl groups is 1. The lowest BCUT2D eigenvalue weighted by Gasteiger charge is -2.11. The number of nitrogens with one attached hydrogen (secondary N) is 1. The molecule has 16 heavy (non-hydrogen) atoms. The Balaban J connectivity index is 2.37. The molecular formula is C13H18N2O. The molecule has 1 aromatic carbocycles. The minimum Gasteiger partial charge on any atom is -0.395 e. The van der Waals surface area contributed by atoms with Gasteiger partial charge in [-0.3, -0.25) is 0 Å². The molecule has 0 aliphatic heterocycles. The van der Waals surface area contributed by atoms with Crippen LogP contribution in [-0.2, 0) is 13.5 Å². The number of aryl methyl sites for hydroxylation is 1. The van der Waals surface area contributed by atoms with Crippen molar-refractivity contribution in [3.05, 3.63) is 36.0 Å². The quantitative estimate of drug-likeness (QED) is 0.811. The van der Waals surface area contributed by atoms with Crippen LogP contribution in [0.1, 0.15) is 5.56 Å². The molecule has 3 heteroatoms. The number of aliphatic hydroxyl groups excluding tert-OH is 1. The predicted molar refractivity (Wildman–Crippen MR) is 66.6 cm³/mol. The van der Waals surface area contributed by atoms with Gasteiger partial charge in [-0.25, -0.2) is 0 Å². The summed E-state index contributed by atoms with van der Waals surface area (Å²) in [7, 11) is 3.94. The van der Waals surface area contributed by atoms with Crippen LogP contribution in [0.4, 0.5) is 0 Å². The van der Waals surface area contributed by atoms with Gasteiger partial charge in [0, 0.05) is 30.2 Å². The molecule has 0 spiro atoms. The maximum Gasteiger partial charge on any atom is 0.0587 e. The molecule has 0 saturated heterocycles. The zero-order valence-electron chi connectivity index (χ0n) is 9.77. The first-order valence-electron chi connectivity index (χ1n) is 5.57. The summed E-state index contributed by atoms with van der Waals surface area (Å²) < 4.78 is 2.13. The monoisotopic (exact) mass is 218 g/mol. The Labute approximate surface area is 95.7 Å². The summed E-state index contributed by atoms with van der Waals surface area (Å²) in [5.74, 6) is 0. The second-order valence-electron chi connectivity index (χ2n) is 4.15. The van der Waals surface area contributed by atoms with Crippen molar-refractivity contribution in [1.29, 1.82) is 0 Å². The van der Waals surface area contributed by atoms with Gasteiger partial charge in [-0.05, 0) is 25.1 Å². The third kappa shape index (κ3) is 1.96. The van der Waals surface area contributed by atoms with E-state index in [0.29, 0.717) is 0 Å². The fraction of sp³-hybridized carbons (Fsp3) is 0.385. The molecule has 0 unspecified atom stereocenters. The molecule has 1 heterocycles. The average molecular weight is 218 g/mol. The number of rotatable bonds is 4. The largest absolute Gasteiger partial charge is 0.395 e. The van der Waals surface area contributed by atoms with E-state index in [1.165, 1.54) is 16.5 Å². The van der Waals surface area contributed by atoms with E-state index < -0.39 is 0 Å². The van der Waals surface area contributed by atoms with Crippen LogP contribution in [-0.4, -0.2) is 29.4 Å². The smallest absolute Gasteiger partial charge is 0.0587 e. The fourth-order valence-corrected chi connectivity index (χ4v) is 2.11. The lowest BCUT2D eigenvalue weighted by Crippen LogP contribution is -2.31. The van der Waals surface area contributed by atoms with Crippen LogP contribution < -0.4 is 5.32 Å². The number of hydrogen-bond acceptors (Lipinski definition) is 2. The van der Waals surface area contributed by atoms with E-state index in [0.717, 1.165) is 6.42 Å². The van der Waals surface area contributed by atoms with Gasteiger partial charge >= 0.3 is 0 Å².